The minimum atomic E-state index is -0.184. The number of benzene rings is 1. The minimum Gasteiger partial charge on any atom is -0.490 e. The lowest BCUT2D eigenvalue weighted by Gasteiger charge is -2.35. The van der Waals surface area contributed by atoms with Gasteiger partial charge in [0.05, 0.1) is 17.9 Å². The van der Waals surface area contributed by atoms with Gasteiger partial charge >= 0.3 is 0 Å². The summed E-state index contributed by atoms with van der Waals surface area (Å²) >= 11 is 5.94. The number of aryl methyl sites for hydroxylation is 1. The Labute approximate surface area is 173 Å². The highest BCUT2D eigenvalue weighted by Crippen LogP contribution is 2.25. The minimum absolute atomic E-state index is 0.125. The fraction of sp³-hybridized carbons (Fsp3) is 0.286. The molecule has 1 aliphatic heterocycles. The van der Waals surface area contributed by atoms with Crippen molar-refractivity contribution in [1.29, 1.82) is 0 Å². The summed E-state index contributed by atoms with van der Waals surface area (Å²) in [4.78, 5) is 23.5. The van der Waals surface area contributed by atoms with E-state index in [0.29, 0.717) is 48.6 Å². The fourth-order valence-electron chi connectivity index (χ4n) is 3.24. The number of hydrogen-bond acceptors (Lipinski definition) is 6. The van der Waals surface area contributed by atoms with Crippen molar-refractivity contribution in [3.8, 4) is 17.2 Å². The average molecular weight is 413 g/mol. The molecule has 1 amide bonds. The Kier molecular flexibility index (Phi) is 5.78. The first-order chi connectivity index (χ1) is 14.1. The van der Waals surface area contributed by atoms with Gasteiger partial charge in [0.15, 0.2) is 0 Å². The van der Waals surface area contributed by atoms with Gasteiger partial charge in [-0.1, -0.05) is 11.6 Å². The maximum absolute atomic E-state index is 13.2. The van der Waals surface area contributed by atoms with E-state index in [1.165, 1.54) is 0 Å². The van der Waals surface area contributed by atoms with Crippen LogP contribution in [0.4, 0.5) is 0 Å². The van der Waals surface area contributed by atoms with Crippen molar-refractivity contribution < 1.29 is 13.9 Å². The lowest BCUT2D eigenvalue weighted by atomic mass is 10.2. The largest absolute Gasteiger partial charge is 0.490 e. The van der Waals surface area contributed by atoms with Crippen LogP contribution in [0.3, 0.4) is 0 Å². The normalized spacial score (nSPS) is 16.6. The molecule has 1 N–H and O–H groups in total. The van der Waals surface area contributed by atoms with Crippen LogP contribution in [-0.2, 0) is 0 Å². The van der Waals surface area contributed by atoms with Crippen molar-refractivity contribution in [3.05, 3.63) is 65.3 Å². The highest BCUT2D eigenvalue weighted by atomic mass is 35.5. The molecule has 0 saturated carbocycles. The van der Waals surface area contributed by atoms with E-state index < -0.39 is 0 Å². The molecule has 150 valence electrons. The predicted octanol–water partition coefficient (Wildman–Crippen LogP) is 3.19. The third-order valence-electron chi connectivity index (χ3n) is 4.77. The number of halogens is 1. The second-order valence-corrected chi connectivity index (χ2v) is 7.23. The van der Waals surface area contributed by atoms with Crippen LogP contribution in [-0.4, -0.2) is 53.1 Å². The molecule has 1 aliphatic rings. The number of carbonyl (C=O) groups excluding carboxylic acids is 1. The quantitative estimate of drug-likeness (QED) is 0.693. The molecular weight excluding hydrogens is 392 g/mol. The van der Waals surface area contributed by atoms with Gasteiger partial charge in [-0.05, 0) is 43.3 Å². The fourth-order valence-corrected chi connectivity index (χ4v) is 3.37. The van der Waals surface area contributed by atoms with Crippen molar-refractivity contribution in [3.63, 3.8) is 0 Å². The molecule has 1 atom stereocenters. The van der Waals surface area contributed by atoms with Crippen molar-refractivity contribution in [2.45, 2.75) is 13.0 Å². The smallest absolute Gasteiger partial charge is 0.292 e. The number of pyridine rings is 1. The topological polar surface area (TPSA) is 80.5 Å². The molecule has 0 bridgehead atoms. The highest BCUT2D eigenvalue weighted by Gasteiger charge is 2.31. The second-order valence-electron chi connectivity index (χ2n) is 6.80. The SMILES string of the molecule is Cc1nc(-c2ccc(Cl)cc2)oc1C(=O)N1CCNCC1COc1cccnc1. The number of carbonyl (C=O) groups is 1. The first kappa shape index (κ1) is 19.4. The van der Waals surface area contributed by atoms with E-state index in [4.69, 9.17) is 20.8 Å². The number of oxazole rings is 1. The van der Waals surface area contributed by atoms with Crippen LogP contribution in [0.2, 0.25) is 5.02 Å². The zero-order valence-corrected chi connectivity index (χ0v) is 16.7. The first-order valence-electron chi connectivity index (χ1n) is 9.39. The van der Waals surface area contributed by atoms with Crippen molar-refractivity contribution in [2.75, 3.05) is 26.2 Å². The van der Waals surface area contributed by atoms with E-state index >= 15 is 0 Å². The second kappa shape index (κ2) is 8.63. The number of nitrogens with one attached hydrogen (secondary N) is 1. The van der Waals surface area contributed by atoms with E-state index in [9.17, 15) is 4.79 Å². The zero-order valence-electron chi connectivity index (χ0n) is 16.0. The third kappa shape index (κ3) is 4.41. The summed E-state index contributed by atoms with van der Waals surface area (Å²) in [5.41, 5.74) is 1.33. The molecule has 1 aromatic carbocycles. The number of hydrogen-bond donors (Lipinski definition) is 1. The number of amides is 1. The molecule has 1 unspecified atom stereocenters. The Morgan fingerprint density at radius 2 is 2.17 bits per heavy atom. The molecule has 0 spiro atoms. The Bertz CT molecular complexity index is 975. The average Bonchev–Trinajstić information content (AvgIpc) is 3.15. The van der Waals surface area contributed by atoms with E-state index in [-0.39, 0.29) is 17.7 Å². The van der Waals surface area contributed by atoms with Gasteiger partial charge in [0, 0.05) is 36.4 Å². The van der Waals surface area contributed by atoms with Crippen LogP contribution in [0.25, 0.3) is 11.5 Å². The molecule has 7 nitrogen and oxygen atoms in total. The van der Waals surface area contributed by atoms with Gasteiger partial charge in [-0.25, -0.2) is 4.98 Å². The first-order valence-corrected chi connectivity index (χ1v) is 9.77. The van der Waals surface area contributed by atoms with E-state index in [1.54, 1.807) is 36.4 Å². The summed E-state index contributed by atoms with van der Waals surface area (Å²) in [6.07, 6.45) is 3.34. The van der Waals surface area contributed by atoms with Crippen LogP contribution < -0.4 is 10.1 Å². The molecule has 4 rings (SSSR count). The Hall–Kier alpha value is -2.90. The number of nitrogens with zero attached hydrogens (tertiary/aromatic N) is 3. The summed E-state index contributed by atoms with van der Waals surface area (Å²) in [5, 5.41) is 3.94. The van der Waals surface area contributed by atoms with Gasteiger partial charge in [-0.15, -0.1) is 0 Å². The molecule has 0 radical (unpaired) electrons. The lowest BCUT2D eigenvalue weighted by Crippen LogP contribution is -2.56. The summed E-state index contributed by atoms with van der Waals surface area (Å²) < 4.78 is 11.7. The summed E-state index contributed by atoms with van der Waals surface area (Å²) in [5.74, 6) is 1.15. The number of piperazine rings is 1. The standard InChI is InChI=1S/C21H21ClN4O3/c1-14-19(29-20(25-14)15-4-6-16(22)7-5-15)21(27)26-10-9-24-11-17(26)13-28-18-3-2-8-23-12-18/h2-8,12,17,24H,9-11,13H2,1H3. The number of aromatic nitrogens is 2. The maximum atomic E-state index is 13.2. The van der Waals surface area contributed by atoms with Crippen LogP contribution in [0.1, 0.15) is 16.2 Å². The Morgan fingerprint density at radius 1 is 1.34 bits per heavy atom. The number of ether oxygens (including phenoxy) is 1. The van der Waals surface area contributed by atoms with Gasteiger partial charge in [0.1, 0.15) is 12.4 Å². The molecule has 3 aromatic rings. The van der Waals surface area contributed by atoms with Crippen molar-refractivity contribution in [1.82, 2.24) is 20.2 Å². The monoisotopic (exact) mass is 412 g/mol. The van der Waals surface area contributed by atoms with E-state index in [1.807, 2.05) is 24.3 Å². The van der Waals surface area contributed by atoms with E-state index in [0.717, 1.165) is 5.56 Å². The van der Waals surface area contributed by atoms with Crippen LogP contribution in [0.15, 0.2) is 53.2 Å². The molecule has 0 aliphatic carbocycles. The van der Waals surface area contributed by atoms with Crippen LogP contribution in [0.5, 0.6) is 5.75 Å². The molecule has 2 aromatic heterocycles. The van der Waals surface area contributed by atoms with E-state index in [2.05, 4.69) is 15.3 Å². The van der Waals surface area contributed by atoms with Crippen LogP contribution >= 0.6 is 11.6 Å². The molecule has 8 heteroatoms. The lowest BCUT2D eigenvalue weighted by molar-refractivity contribution is 0.0528. The Morgan fingerprint density at radius 3 is 2.93 bits per heavy atom. The molecule has 1 saturated heterocycles. The summed E-state index contributed by atoms with van der Waals surface area (Å²) in [6, 6.07) is 10.7. The molecule has 1 fully saturated rings. The van der Waals surface area contributed by atoms with Gasteiger partial charge < -0.3 is 19.4 Å². The predicted molar refractivity (Wildman–Crippen MR) is 109 cm³/mol. The van der Waals surface area contributed by atoms with Crippen LogP contribution in [0, 0.1) is 6.92 Å². The summed E-state index contributed by atoms with van der Waals surface area (Å²) in [6.45, 7) is 4.06. The Balaban J connectivity index is 1.51. The zero-order chi connectivity index (χ0) is 20.2. The summed E-state index contributed by atoms with van der Waals surface area (Å²) in [7, 11) is 0. The molecule has 29 heavy (non-hydrogen) atoms. The van der Waals surface area contributed by atoms with Crippen molar-refractivity contribution >= 4 is 17.5 Å². The van der Waals surface area contributed by atoms with Gasteiger partial charge in [-0.2, -0.15) is 0 Å². The molecule has 3 heterocycles. The van der Waals surface area contributed by atoms with Crippen molar-refractivity contribution in [2.24, 2.45) is 0 Å². The van der Waals surface area contributed by atoms with Gasteiger partial charge in [0.2, 0.25) is 11.7 Å². The maximum Gasteiger partial charge on any atom is 0.292 e. The van der Waals surface area contributed by atoms with Gasteiger partial charge in [-0.3, -0.25) is 9.78 Å². The van der Waals surface area contributed by atoms with Gasteiger partial charge in [0.25, 0.3) is 5.91 Å². The number of rotatable bonds is 5. The third-order valence-corrected chi connectivity index (χ3v) is 5.02. The highest BCUT2D eigenvalue weighted by molar-refractivity contribution is 6.30. The molecular formula is C21H21ClN4O3.